The van der Waals surface area contributed by atoms with E-state index in [1.54, 1.807) is 0 Å². The Kier molecular flexibility index (Phi) is 3.31. The zero-order valence-electron chi connectivity index (χ0n) is 12.0. The highest BCUT2D eigenvalue weighted by Gasteiger charge is 2.22. The minimum atomic E-state index is 0.261. The van der Waals surface area contributed by atoms with Gasteiger partial charge in [0.25, 0.3) is 0 Å². The number of Topliss-reactive ketones (excluding diaryl/α,β-unsaturated/α-hetero) is 1. The predicted octanol–water partition coefficient (Wildman–Crippen LogP) is 3.90. The molecule has 0 fully saturated rings. The topological polar surface area (TPSA) is 20.3 Å². The van der Waals surface area contributed by atoms with Crippen molar-refractivity contribution in [2.45, 2.75) is 26.8 Å². The normalized spacial score (nSPS) is 14.3. The van der Waals surface area contributed by atoms with Crippen LogP contribution < -0.4 is 4.90 Å². The van der Waals surface area contributed by atoms with Gasteiger partial charge in [-0.25, -0.2) is 0 Å². The summed E-state index contributed by atoms with van der Waals surface area (Å²) in [6, 6.07) is 14.6. The lowest BCUT2D eigenvalue weighted by Crippen LogP contribution is -2.31. The number of ketones is 1. The second-order valence-electron chi connectivity index (χ2n) is 5.61. The van der Waals surface area contributed by atoms with Crippen molar-refractivity contribution in [3.63, 3.8) is 0 Å². The lowest BCUT2D eigenvalue weighted by molar-refractivity contribution is 0.0979. The number of benzene rings is 2. The Hall–Kier alpha value is -2.09. The van der Waals surface area contributed by atoms with Crippen molar-refractivity contribution in [3.05, 3.63) is 64.7 Å². The van der Waals surface area contributed by atoms with Gasteiger partial charge >= 0.3 is 0 Å². The molecule has 0 unspecified atom stereocenters. The molecule has 2 nitrogen and oxygen atoms in total. The van der Waals surface area contributed by atoms with E-state index in [4.69, 9.17) is 0 Å². The molecular formula is C18H19NO. The third-order valence-corrected chi connectivity index (χ3v) is 3.81. The van der Waals surface area contributed by atoms with E-state index in [1.165, 1.54) is 16.7 Å². The van der Waals surface area contributed by atoms with Gasteiger partial charge in [-0.1, -0.05) is 41.5 Å². The third-order valence-electron chi connectivity index (χ3n) is 3.81. The first-order valence-corrected chi connectivity index (χ1v) is 7.08. The summed E-state index contributed by atoms with van der Waals surface area (Å²) in [4.78, 5) is 14.3. The van der Waals surface area contributed by atoms with Gasteiger partial charge in [0.2, 0.25) is 0 Å². The molecule has 0 saturated carbocycles. The van der Waals surface area contributed by atoms with Crippen LogP contribution in [0, 0.1) is 13.8 Å². The van der Waals surface area contributed by atoms with Gasteiger partial charge < -0.3 is 4.90 Å². The van der Waals surface area contributed by atoms with E-state index >= 15 is 0 Å². The van der Waals surface area contributed by atoms with Crippen LogP contribution >= 0.6 is 0 Å². The number of hydrogen-bond acceptors (Lipinski definition) is 2. The van der Waals surface area contributed by atoms with E-state index in [2.05, 4.69) is 43.0 Å². The van der Waals surface area contributed by atoms with Gasteiger partial charge in [-0.2, -0.15) is 0 Å². The van der Waals surface area contributed by atoms with Crippen LogP contribution in [0.3, 0.4) is 0 Å². The molecular weight excluding hydrogens is 246 g/mol. The minimum absolute atomic E-state index is 0.261. The summed E-state index contributed by atoms with van der Waals surface area (Å²) in [5.74, 6) is 0.261. The first-order valence-electron chi connectivity index (χ1n) is 7.08. The molecule has 2 aromatic rings. The predicted molar refractivity (Wildman–Crippen MR) is 82.4 cm³/mol. The van der Waals surface area contributed by atoms with Crippen molar-refractivity contribution in [2.75, 3.05) is 11.4 Å². The SMILES string of the molecule is Cc1cc(C)cc(CN2CCC(=O)c3ccccc32)c1. The van der Waals surface area contributed by atoms with Crippen molar-refractivity contribution >= 4 is 11.5 Å². The fourth-order valence-electron chi connectivity index (χ4n) is 3.02. The molecule has 1 heterocycles. The molecule has 0 saturated heterocycles. The highest BCUT2D eigenvalue weighted by Crippen LogP contribution is 2.28. The average Bonchev–Trinajstić information content (AvgIpc) is 2.41. The second-order valence-corrected chi connectivity index (χ2v) is 5.61. The van der Waals surface area contributed by atoms with Crippen molar-refractivity contribution in [2.24, 2.45) is 0 Å². The summed E-state index contributed by atoms with van der Waals surface area (Å²) in [5.41, 5.74) is 5.83. The van der Waals surface area contributed by atoms with Crippen molar-refractivity contribution in [1.82, 2.24) is 0 Å². The molecule has 0 aromatic heterocycles. The van der Waals surface area contributed by atoms with Crippen LogP contribution in [-0.4, -0.2) is 12.3 Å². The quantitative estimate of drug-likeness (QED) is 0.821. The smallest absolute Gasteiger partial charge is 0.166 e. The van der Waals surface area contributed by atoms with Crippen LogP contribution in [0.4, 0.5) is 5.69 Å². The van der Waals surface area contributed by atoms with Crippen LogP contribution in [0.1, 0.15) is 33.5 Å². The standard InChI is InChI=1S/C18H19NO/c1-13-9-14(2)11-15(10-13)12-19-8-7-18(20)16-5-3-4-6-17(16)19/h3-6,9-11H,7-8,12H2,1-2H3. The number of fused-ring (bicyclic) bond motifs is 1. The summed E-state index contributed by atoms with van der Waals surface area (Å²) in [6.07, 6.45) is 0.613. The summed E-state index contributed by atoms with van der Waals surface area (Å²) >= 11 is 0. The number of para-hydroxylation sites is 1. The fraction of sp³-hybridized carbons (Fsp3) is 0.278. The lowest BCUT2D eigenvalue weighted by Gasteiger charge is -2.30. The van der Waals surface area contributed by atoms with Gasteiger partial charge in [0, 0.05) is 30.8 Å². The van der Waals surface area contributed by atoms with E-state index < -0.39 is 0 Å². The Labute approximate surface area is 120 Å². The maximum absolute atomic E-state index is 12.0. The van der Waals surface area contributed by atoms with E-state index in [0.29, 0.717) is 6.42 Å². The van der Waals surface area contributed by atoms with Crippen LogP contribution in [-0.2, 0) is 6.54 Å². The molecule has 0 spiro atoms. The summed E-state index contributed by atoms with van der Waals surface area (Å²) in [7, 11) is 0. The molecule has 20 heavy (non-hydrogen) atoms. The minimum Gasteiger partial charge on any atom is -0.366 e. The lowest BCUT2D eigenvalue weighted by atomic mass is 9.99. The van der Waals surface area contributed by atoms with Crippen LogP contribution in [0.25, 0.3) is 0 Å². The maximum atomic E-state index is 12.0. The Bertz CT molecular complexity index is 640. The number of aryl methyl sites for hydroxylation is 2. The molecule has 2 aromatic carbocycles. The van der Waals surface area contributed by atoms with Crippen molar-refractivity contribution in [1.29, 1.82) is 0 Å². The molecule has 1 aliphatic rings. The molecule has 0 amide bonds. The number of carbonyl (C=O) groups is 1. The van der Waals surface area contributed by atoms with Crippen LogP contribution in [0.2, 0.25) is 0 Å². The molecule has 3 rings (SSSR count). The van der Waals surface area contributed by atoms with Gasteiger partial charge in [-0.15, -0.1) is 0 Å². The van der Waals surface area contributed by atoms with E-state index in [-0.39, 0.29) is 5.78 Å². The number of rotatable bonds is 2. The summed E-state index contributed by atoms with van der Waals surface area (Å²) in [5, 5.41) is 0. The van der Waals surface area contributed by atoms with Gasteiger partial charge in [0.15, 0.2) is 5.78 Å². The van der Waals surface area contributed by atoms with Gasteiger partial charge in [-0.3, -0.25) is 4.79 Å². The molecule has 0 aliphatic carbocycles. The third kappa shape index (κ3) is 2.46. The van der Waals surface area contributed by atoms with Crippen molar-refractivity contribution in [3.8, 4) is 0 Å². The molecule has 0 bridgehead atoms. The first kappa shape index (κ1) is 12.9. The van der Waals surface area contributed by atoms with Crippen molar-refractivity contribution < 1.29 is 4.79 Å². The molecule has 0 atom stereocenters. The number of carbonyl (C=O) groups excluding carboxylic acids is 1. The second kappa shape index (κ2) is 5.12. The number of nitrogens with zero attached hydrogens (tertiary/aromatic N) is 1. The Morgan fingerprint density at radius 2 is 1.75 bits per heavy atom. The van der Waals surface area contributed by atoms with Crippen LogP contribution in [0.5, 0.6) is 0 Å². The fourth-order valence-corrected chi connectivity index (χ4v) is 3.02. The monoisotopic (exact) mass is 265 g/mol. The zero-order chi connectivity index (χ0) is 14.1. The highest BCUT2D eigenvalue weighted by atomic mass is 16.1. The average molecular weight is 265 g/mol. The number of anilines is 1. The Morgan fingerprint density at radius 1 is 1.05 bits per heavy atom. The summed E-state index contributed by atoms with van der Waals surface area (Å²) in [6.45, 7) is 5.93. The van der Waals surface area contributed by atoms with Crippen LogP contribution in [0.15, 0.2) is 42.5 Å². The van der Waals surface area contributed by atoms with E-state index in [0.717, 1.165) is 24.3 Å². The maximum Gasteiger partial charge on any atom is 0.166 e. The molecule has 2 heteroatoms. The molecule has 0 radical (unpaired) electrons. The number of hydrogen-bond donors (Lipinski definition) is 0. The molecule has 102 valence electrons. The Balaban J connectivity index is 1.92. The highest BCUT2D eigenvalue weighted by molar-refractivity contribution is 6.03. The van der Waals surface area contributed by atoms with E-state index in [1.807, 2.05) is 18.2 Å². The van der Waals surface area contributed by atoms with E-state index in [9.17, 15) is 4.79 Å². The van der Waals surface area contributed by atoms with Gasteiger partial charge in [0.1, 0.15) is 0 Å². The Morgan fingerprint density at radius 3 is 2.50 bits per heavy atom. The zero-order valence-corrected chi connectivity index (χ0v) is 12.0. The summed E-state index contributed by atoms with van der Waals surface area (Å²) < 4.78 is 0. The largest absolute Gasteiger partial charge is 0.366 e. The molecule has 1 aliphatic heterocycles. The van der Waals surface area contributed by atoms with Gasteiger partial charge in [0.05, 0.1) is 0 Å². The first-order chi connectivity index (χ1) is 9.63. The molecule has 0 N–H and O–H groups in total. The van der Waals surface area contributed by atoms with Gasteiger partial charge in [-0.05, 0) is 31.5 Å².